The van der Waals surface area contributed by atoms with Gasteiger partial charge in [0.2, 0.25) is 5.91 Å². The summed E-state index contributed by atoms with van der Waals surface area (Å²) in [7, 11) is 0. The number of aromatic nitrogens is 1. The van der Waals surface area contributed by atoms with E-state index in [1.54, 1.807) is 6.07 Å². The largest absolute Gasteiger partial charge is 0.488 e. The predicted molar refractivity (Wildman–Crippen MR) is 55.5 cm³/mol. The van der Waals surface area contributed by atoms with Crippen LogP contribution in [0.2, 0.25) is 0 Å². The van der Waals surface area contributed by atoms with Crippen LogP contribution in [-0.4, -0.2) is 23.5 Å². The molecule has 0 unspecified atom stereocenters. The monoisotopic (exact) mass is 224 g/mol. The molecular formula is C11H13FN2O2. The number of nitrogens with zero attached hydrogens (tertiary/aromatic N) is 1. The molecule has 4 nitrogen and oxygen atoms in total. The second kappa shape index (κ2) is 4.92. The van der Waals surface area contributed by atoms with Crippen molar-refractivity contribution < 1.29 is 13.9 Å². The summed E-state index contributed by atoms with van der Waals surface area (Å²) in [5.41, 5.74) is 0. The lowest BCUT2D eigenvalue weighted by molar-refractivity contribution is -0.121. The van der Waals surface area contributed by atoms with Gasteiger partial charge in [0.15, 0.2) is 5.75 Å². The summed E-state index contributed by atoms with van der Waals surface area (Å²) in [5.74, 6) is -0.612. The van der Waals surface area contributed by atoms with Gasteiger partial charge >= 0.3 is 0 Å². The fourth-order valence-electron chi connectivity index (χ4n) is 1.26. The summed E-state index contributed by atoms with van der Waals surface area (Å²) in [6.07, 6.45) is 3.71. The van der Waals surface area contributed by atoms with Crippen LogP contribution >= 0.6 is 0 Å². The number of hydrogen-bond donors (Lipinski definition) is 1. The van der Waals surface area contributed by atoms with Crippen molar-refractivity contribution in [2.75, 3.05) is 6.61 Å². The molecule has 1 saturated carbocycles. The first-order valence-corrected chi connectivity index (χ1v) is 5.28. The molecule has 0 saturated heterocycles. The summed E-state index contributed by atoms with van der Waals surface area (Å²) in [6, 6.07) is 3.42. The average molecular weight is 224 g/mol. The highest BCUT2D eigenvalue weighted by atomic mass is 19.1. The van der Waals surface area contributed by atoms with Gasteiger partial charge in [0, 0.05) is 12.2 Å². The molecule has 0 atom stereocenters. The molecule has 0 radical (unpaired) electrons. The minimum absolute atomic E-state index is 0.0493. The molecule has 5 heteroatoms. The molecule has 1 aliphatic carbocycles. The molecule has 0 aromatic carbocycles. The van der Waals surface area contributed by atoms with E-state index in [0.29, 0.717) is 6.04 Å². The first-order chi connectivity index (χ1) is 7.75. The van der Waals surface area contributed by atoms with Crippen LogP contribution in [0.25, 0.3) is 0 Å². The van der Waals surface area contributed by atoms with Crippen molar-refractivity contribution in [3.63, 3.8) is 0 Å². The second-order valence-corrected chi connectivity index (χ2v) is 3.73. The zero-order valence-electron chi connectivity index (χ0n) is 8.78. The molecule has 0 aliphatic heterocycles. The number of hydrogen-bond acceptors (Lipinski definition) is 3. The molecule has 0 bridgehead atoms. The average Bonchev–Trinajstić information content (AvgIpc) is 3.05. The summed E-state index contributed by atoms with van der Waals surface area (Å²) < 4.78 is 18.1. The molecule has 1 fully saturated rings. The van der Waals surface area contributed by atoms with E-state index in [9.17, 15) is 9.18 Å². The van der Waals surface area contributed by atoms with Gasteiger partial charge in [-0.15, -0.1) is 0 Å². The highest BCUT2D eigenvalue weighted by Crippen LogP contribution is 2.18. The van der Waals surface area contributed by atoms with Crippen LogP contribution < -0.4 is 10.1 Å². The molecule has 1 aromatic heterocycles. The minimum atomic E-state index is -0.648. The van der Waals surface area contributed by atoms with Gasteiger partial charge in [0.1, 0.15) is 0 Å². The van der Waals surface area contributed by atoms with Gasteiger partial charge in [-0.1, -0.05) is 0 Å². The van der Waals surface area contributed by atoms with Gasteiger partial charge in [-0.2, -0.15) is 4.39 Å². The molecule has 1 heterocycles. The van der Waals surface area contributed by atoms with Gasteiger partial charge in [-0.05, 0) is 25.0 Å². The van der Waals surface area contributed by atoms with Gasteiger partial charge in [-0.25, -0.2) is 4.98 Å². The summed E-state index contributed by atoms with van der Waals surface area (Å²) >= 11 is 0. The summed E-state index contributed by atoms with van der Waals surface area (Å²) in [6.45, 7) is 0.168. The van der Waals surface area contributed by atoms with E-state index in [-0.39, 0.29) is 24.7 Å². The molecule has 1 aliphatic rings. The van der Waals surface area contributed by atoms with E-state index in [4.69, 9.17) is 4.74 Å². The Hall–Kier alpha value is -1.65. The first-order valence-electron chi connectivity index (χ1n) is 5.28. The fourth-order valence-corrected chi connectivity index (χ4v) is 1.26. The minimum Gasteiger partial charge on any atom is -0.488 e. The van der Waals surface area contributed by atoms with E-state index in [1.165, 1.54) is 12.3 Å². The summed E-state index contributed by atoms with van der Waals surface area (Å²) in [5, 5.41) is 2.83. The Kier molecular flexibility index (Phi) is 3.34. The van der Waals surface area contributed by atoms with Crippen LogP contribution in [0.1, 0.15) is 19.3 Å². The molecule has 0 spiro atoms. The van der Waals surface area contributed by atoms with Crippen LogP contribution in [0.15, 0.2) is 18.3 Å². The Balaban J connectivity index is 1.70. The standard InChI is InChI=1S/C11H13FN2O2/c12-11-9(2-1-6-13-11)16-7-5-10(15)14-8-3-4-8/h1-2,6,8H,3-5,7H2,(H,14,15). The van der Waals surface area contributed by atoms with Crippen molar-refractivity contribution in [2.24, 2.45) is 0 Å². The third kappa shape index (κ3) is 3.18. The number of amides is 1. The molecule has 1 amide bonds. The SMILES string of the molecule is O=C(CCOc1cccnc1F)NC1CC1. The molecular weight excluding hydrogens is 211 g/mol. The van der Waals surface area contributed by atoms with Gasteiger partial charge in [-0.3, -0.25) is 4.79 Å². The third-order valence-electron chi connectivity index (χ3n) is 2.25. The lowest BCUT2D eigenvalue weighted by Gasteiger charge is -2.06. The molecule has 16 heavy (non-hydrogen) atoms. The number of rotatable bonds is 5. The smallest absolute Gasteiger partial charge is 0.255 e. The van der Waals surface area contributed by atoms with Gasteiger partial charge < -0.3 is 10.1 Å². The number of halogens is 1. The number of carbonyl (C=O) groups is 1. The lowest BCUT2D eigenvalue weighted by atomic mass is 10.4. The Bertz CT molecular complexity index is 380. The Morgan fingerprint density at radius 1 is 1.62 bits per heavy atom. The maximum atomic E-state index is 13.0. The van der Waals surface area contributed by atoms with E-state index in [1.807, 2.05) is 0 Å². The second-order valence-electron chi connectivity index (χ2n) is 3.73. The van der Waals surface area contributed by atoms with Crippen molar-refractivity contribution in [3.05, 3.63) is 24.3 Å². The Labute approximate surface area is 92.8 Å². The lowest BCUT2D eigenvalue weighted by Crippen LogP contribution is -2.26. The molecule has 2 rings (SSSR count). The topological polar surface area (TPSA) is 51.2 Å². The quantitative estimate of drug-likeness (QED) is 0.766. The first kappa shape index (κ1) is 10.9. The van der Waals surface area contributed by atoms with E-state index < -0.39 is 5.95 Å². The maximum Gasteiger partial charge on any atom is 0.255 e. The normalized spacial score (nSPS) is 14.6. The third-order valence-corrected chi connectivity index (χ3v) is 2.25. The zero-order chi connectivity index (χ0) is 11.4. The summed E-state index contributed by atoms with van der Waals surface area (Å²) in [4.78, 5) is 14.7. The maximum absolute atomic E-state index is 13.0. The molecule has 1 N–H and O–H groups in total. The van der Waals surface area contributed by atoms with Crippen LogP contribution in [-0.2, 0) is 4.79 Å². The van der Waals surface area contributed by atoms with Crippen molar-refractivity contribution in [3.8, 4) is 5.75 Å². The predicted octanol–water partition coefficient (Wildman–Crippen LogP) is 1.27. The van der Waals surface area contributed by atoms with E-state index >= 15 is 0 Å². The number of carbonyl (C=O) groups excluding carboxylic acids is 1. The Morgan fingerprint density at radius 3 is 3.12 bits per heavy atom. The van der Waals surface area contributed by atoms with Crippen LogP contribution in [0.5, 0.6) is 5.75 Å². The van der Waals surface area contributed by atoms with Crippen LogP contribution in [0.3, 0.4) is 0 Å². The van der Waals surface area contributed by atoms with Crippen LogP contribution in [0.4, 0.5) is 4.39 Å². The fraction of sp³-hybridized carbons (Fsp3) is 0.455. The molecule has 86 valence electrons. The van der Waals surface area contributed by atoms with E-state index in [2.05, 4.69) is 10.3 Å². The van der Waals surface area contributed by atoms with Crippen molar-refractivity contribution in [2.45, 2.75) is 25.3 Å². The number of ether oxygens (including phenoxy) is 1. The number of nitrogens with one attached hydrogen (secondary N) is 1. The number of pyridine rings is 1. The van der Waals surface area contributed by atoms with E-state index in [0.717, 1.165) is 12.8 Å². The highest BCUT2D eigenvalue weighted by molar-refractivity contribution is 5.76. The van der Waals surface area contributed by atoms with Gasteiger partial charge in [0.05, 0.1) is 13.0 Å². The van der Waals surface area contributed by atoms with Crippen LogP contribution in [0, 0.1) is 5.95 Å². The zero-order valence-corrected chi connectivity index (χ0v) is 8.78. The Morgan fingerprint density at radius 2 is 2.44 bits per heavy atom. The highest BCUT2D eigenvalue weighted by Gasteiger charge is 2.22. The van der Waals surface area contributed by atoms with Gasteiger partial charge in [0.25, 0.3) is 5.95 Å². The molecule has 1 aromatic rings. The van der Waals surface area contributed by atoms with Crippen molar-refractivity contribution in [1.29, 1.82) is 0 Å². The van der Waals surface area contributed by atoms with Crippen molar-refractivity contribution in [1.82, 2.24) is 10.3 Å². The van der Waals surface area contributed by atoms with Crippen molar-refractivity contribution >= 4 is 5.91 Å².